The van der Waals surface area contributed by atoms with Crippen molar-refractivity contribution in [3.05, 3.63) is 134 Å². The molecule has 0 aromatic carbocycles. The van der Waals surface area contributed by atoms with Crippen LogP contribution in [0.4, 0.5) is 11.6 Å². The van der Waals surface area contributed by atoms with Crippen molar-refractivity contribution in [2.75, 3.05) is 60.7 Å². The van der Waals surface area contributed by atoms with Crippen LogP contribution >= 0.6 is 58.0 Å². The summed E-state index contributed by atoms with van der Waals surface area (Å²) < 4.78 is 108. The number of nitrogen functional groups attached to an aromatic ring is 2. The minimum atomic E-state index is -1.19. The summed E-state index contributed by atoms with van der Waals surface area (Å²) in [5, 5.41) is 20.0. The lowest BCUT2D eigenvalue weighted by molar-refractivity contribution is -0.248. The molecule has 5 spiro atoms. The fourth-order valence-electron chi connectivity index (χ4n) is 22.4. The van der Waals surface area contributed by atoms with E-state index >= 15 is 0 Å². The molecule has 42 heteroatoms. The molecule has 5 aliphatic carbocycles. The van der Waals surface area contributed by atoms with E-state index in [0.29, 0.717) is 12.8 Å². The van der Waals surface area contributed by atoms with Crippen molar-refractivity contribution >= 4 is 69.6 Å². The van der Waals surface area contributed by atoms with Crippen molar-refractivity contribution in [3.8, 4) is 6.01 Å². The van der Waals surface area contributed by atoms with Gasteiger partial charge in [-0.15, -0.1) is 58.0 Å². The van der Waals surface area contributed by atoms with Gasteiger partial charge in [0, 0.05) is 113 Å². The van der Waals surface area contributed by atoms with Gasteiger partial charge in [-0.25, -0.2) is 19.2 Å². The summed E-state index contributed by atoms with van der Waals surface area (Å²) in [6.07, 6.45) is 21.4. The van der Waals surface area contributed by atoms with Gasteiger partial charge in [0.15, 0.2) is 60.1 Å². The monoisotopic (exact) mass is 1840 g/mol. The van der Waals surface area contributed by atoms with E-state index in [4.69, 9.17) is 145 Å². The average Bonchev–Trinajstić information content (AvgIpc) is 1.56. The predicted octanol–water partition coefficient (Wildman–Crippen LogP) is 6.92. The molecule has 0 unspecified atom stereocenters. The van der Waals surface area contributed by atoms with Crippen molar-refractivity contribution < 1.29 is 86.0 Å². The Labute approximate surface area is 736 Å². The van der Waals surface area contributed by atoms with Crippen LogP contribution in [0.2, 0.25) is 0 Å². The van der Waals surface area contributed by atoms with Crippen molar-refractivity contribution in [3.63, 3.8) is 0 Å². The second-order valence-corrected chi connectivity index (χ2v) is 38.1. The van der Waals surface area contributed by atoms with Crippen molar-refractivity contribution in [2.24, 2.45) is 0 Å². The van der Waals surface area contributed by atoms with Crippen molar-refractivity contribution in [1.82, 2.24) is 47.8 Å². The summed E-state index contributed by atoms with van der Waals surface area (Å²) in [6, 6.07) is 7.26. The zero-order valence-electron chi connectivity index (χ0n) is 70.2. The maximum Gasteiger partial charge on any atom is 0.351 e. The number of aliphatic hydroxyl groups excluding tert-OH is 2. The van der Waals surface area contributed by atoms with Gasteiger partial charge < -0.3 is 97.5 Å². The number of H-pyrrole nitrogens is 2. The lowest BCUT2D eigenvalue weighted by Gasteiger charge is -2.33. The van der Waals surface area contributed by atoms with Crippen LogP contribution in [0.25, 0.3) is 0 Å². The maximum absolute atomic E-state index is 12.4. The number of hydrogen-bond donors (Lipinski definition) is 6. The summed E-state index contributed by atoms with van der Waals surface area (Å²) in [4.78, 5) is 99.9. The first-order chi connectivity index (χ1) is 59.0. The molecule has 10 saturated heterocycles. The van der Waals surface area contributed by atoms with E-state index in [1.807, 2.05) is 41.5 Å². The zero-order chi connectivity index (χ0) is 88.1. The molecule has 20 atom stereocenters. The Balaban J connectivity index is 0.000000110. The Kier molecular flexibility index (Phi) is 23.7. The number of aromatic amines is 2. The third kappa shape index (κ3) is 14.4. The Hall–Kier alpha value is -5.83. The number of fused-ring (bicyclic) bond motifs is 11. The zero-order valence-corrected chi connectivity index (χ0v) is 73.9. The number of hydrogen-bond acceptors (Lipinski definition) is 30. The number of nitrogens with two attached hydrogens (primary N) is 2. The van der Waals surface area contributed by atoms with Crippen LogP contribution in [-0.2, 0) is 71.1 Å². The molecule has 0 radical (unpaired) electrons. The third-order valence-electron chi connectivity index (χ3n) is 28.5. The number of nitrogens with zero attached hydrogens (tertiary/aromatic N) is 8. The van der Waals surface area contributed by atoms with Crippen molar-refractivity contribution in [1.29, 1.82) is 0 Å². The van der Waals surface area contributed by atoms with E-state index in [1.54, 1.807) is 30.0 Å². The van der Waals surface area contributed by atoms with E-state index in [-0.39, 0.29) is 90.7 Å². The Morgan fingerprint density at radius 1 is 0.379 bits per heavy atom. The molecule has 5 aromatic rings. The van der Waals surface area contributed by atoms with E-state index in [1.165, 1.54) is 61.1 Å². The second-order valence-electron chi connectivity index (χ2n) is 36.7. The summed E-state index contributed by atoms with van der Waals surface area (Å²) in [6.45, 7) is 13.0. The van der Waals surface area contributed by atoms with Crippen LogP contribution in [0.15, 0.2) is 94.9 Å². The molecule has 11 aliphatic heterocycles. The molecule has 124 heavy (non-hydrogen) atoms. The smallest absolute Gasteiger partial charge is 0.351 e. The van der Waals surface area contributed by atoms with Crippen LogP contribution in [0.5, 0.6) is 6.01 Å². The number of nitrogens with one attached hydrogen (secondary N) is 2. The quantitative estimate of drug-likeness (QED) is 0.0651. The summed E-state index contributed by atoms with van der Waals surface area (Å²) in [5.41, 5.74) is -1.31. The van der Waals surface area contributed by atoms with Crippen LogP contribution in [-0.4, -0.2) is 223 Å². The molecule has 15 fully saturated rings. The largest absolute Gasteiger partial charge is 0.461 e. The molecule has 5 saturated carbocycles. The van der Waals surface area contributed by atoms with E-state index < -0.39 is 162 Å². The average molecular weight is 1840 g/mol. The van der Waals surface area contributed by atoms with Gasteiger partial charge in [0.25, 0.3) is 16.7 Å². The van der Waals surface area contributed by atoms with Gasteiger partial charge in [-0.1, -0.05) is 13.8 Å². The minimum absolute atomic E-state index is 0.0108. The SMILES string of the molecule is CC[C@@]1(CCl)O[C@@H](n2ccc(=O)[nH]c2=O)[C@]2(C)OC3(CCCC3)O[C@H]12.CC[C@@]1(CCl)O[C@@H](n2ccc(N)nc2=O)[C@]2(C)OC3(CCCC3)O[C@H]12.C[C@@]12OC3(CCCC3)O[C@@H]1[C@@]1(CCl)COc3nc(=O)ccn3[C@@H]2O1.C[C@@]12OC3(CCCC3)O[C@@H]1[C@](CO)(CCl)O[C@H]2n1ccc(=O)[nH]c1=O.C[C@@]12OC3(CCCC3)O[C@@H]1[C@](CO)(CCl)O[C@H]2n1ccc(N)nc1=O. The molecule has 0 amide bonds. The van der Waals surface area contributed by atoms with Gasteiger partial charge in [0.1, 0.15) is 105 Å². The number of halogens is 5. The van der Waals surface area contributed by atoms with E-state index in [0.717, 1.165) is 128 Å². The normalized spacial score (nSPS) is 39.7. The number of rotatable bonds is 13. The summed E-state index contributed by atoms with van der Waals surface area (Å²) in [5.74, 6) is -2.23. The Bertz CT molecular complexity index is 4990. The molecule has 21 rings (SSSR count). The molecule has 8 N–H and O–H groups in total. The fourth-order valence-corrected chi connectivity index (χ4v) is 24.1. The fraction of sp³-hybridized carbons (Fsp3) is 0.756. The van der Waals surface area contributed by atoms with Crippen LogP contribution in [0, 0.1) is 0 Å². The van der Waals surface area contributed by atoms with Gasteiger partial charge in [-0.2, -0.15) is 15.0 Å². The molecule has 37 nitrogen and oxygen atoms in total. The highest BCUT2D eigenvalue weighted by molar-refractivity contribution is 6.19. The van der Waals surface area contributed by atoms with Gasteiger partial charge >= 0.3 is 28.8 Å². The molecular formula is C82H109Cl5N12O25. The van der Waals surface area contributed by atoms with Crippen LogP contribution < -0.4 is 55.6 Å². The topological polar surface area (TPSA) is 455 Å². The molecule has 16 aliphatic rings. The van der Waals surface area contributed by atoms with Gasteiger partial charge in [0.2, 0.25) is 0 Å². The molecule has 682 valence electrons. The number of aromatic nitrogens is 10. The Morgan fingerprint density at radius 2 is 0.669 bits per heavy atom. The second kappa shape index (κ2) is 32.6. The lowest BCUT2D eigenvalue weighted by Crippen LogP contribution is -2.53. The predicted molar refractivity (Wildman–Crippen MR) is 443 cm³/mol. The van der Waals surface area contributed by atoms with Crippen LogP contribution in [0.1, 0.15) is 221 Å². The molecule has 5 aromatic heterocycles. The first-order valence-corrected chi connectivity index (χ1v) is 45.5. The number of ether oxygens (including phenoxy) is 16. The highest BCUT2D eigenvalue weighted by Crippen LogP contribution is 2.65. The van der Waals surface area contributed by atoms with Crippen LogP contribution in [0.3, 0.4) is 0 Å². The molecular weight excluding hydrogens is 1730 g/mol. The Morgan fingerprint density at radius 3 is 0.976 bits per heavy atom. The third-order valence-corrected chi connectivity index (χ3v) is 30.7. The summed E-state index contributed by atoms with van der Waals surface area (Å²) >= 11 is 31.2. The molecule has 2 bridgehead atoms. The number of aliphatic hydroxyl groups is 2. The van der Waals surface area contributed by atoms with E-state index in [9.17, 15) is 43.8 Å². The van der Waals surface area contributed by atoms with Crippen molar-refractivity contribution in [2.45, 2.75) is 336 Å². The lowest BCUT2D eigenvalue weighted by atomic mass is 9.87. The van der Waals surface area contributed by atoms with Gasteiger partial charge in [0.05, 0.1) is 42.6 Å². The van der Waals surface area contributed by atoms with E-state index in [2.05, 4.69) is 24.9 Å². The van der Waals surface area contributed by atoms with Gasteiger partial charge in [-0.3, -0.25) is 47.2 Å². The van der Waals surface area contributed by atoms with Gasteiger partial charge in [-0.05, 0) is 124 Å². The highest BCUT2D eigenvalue weighted by Gasteiger charge is 2.78. The number of alkyl halides is 5. The maximum atomic E-state index is 12.4. The first-order valence-electron chi connectivity index (χ1n) is 42.9. The molecule has 16 heterocycles. The summed E-state index contributed by atoms with van der Waals surface area (Å²) in [7, 11) is 0. The first kappa shape index (κ1) is 90.1. The standard InChI is InChI=1S/C17H24ClN3O4.C17H23ClN2O5.C16H22ClN3O5.C16H21ClN2O6.C16H19ClN2O5/c1-3-16(10-18)12-15(2,25-17(23-12)7-4-5-8-17)13(24-16)21-9-6-11(19)20-14(21)22;1-3-16(10-18)12-15(2,25-17(23-12)7-4-5-8-17)13(24-16)20-9-6-11(21)19-14(20)22;1-14-11(23-16(25-14)5-2-3-6-16)15(8-17,9-21)24-12(14)20-7-4-10(18)19-13(20)22;1-14-11(23-16(25-14)5-2-3-6-16)15(8-17,9-20)24-12(14)19-7-4-10(21)18-13(19)22;1-14-11(22-16(24-14)5-2-3-6-16)15(8-17)9-21-13-18-10(20)4-7-19(13)12(14)23-15/h6,9,12-13H,3-5,7-8,10H2,1-2H3,(H2,19,20,22);6,9,12-13H,3-5,7-8,10H2,1-2H3,(H,19,21,22);4,7,11-12,21H,2-3,5-6,8-9H2,1H3,(H2,18,19,22);4,7,11-12,20H,2-3,5-6,8-9H2,1H3,(H,18,21,22);4,7,11-12H,2-3,5-6,8-9H2,1H3/t2*12-,13+,15+,16-;3*11-,12+,14+,15+/m00000/s1. The highest BCUT2D eigenvalue weighted by atomic mass is 35.5. The number of anilines is 2. The minimum Gasteiger partial charge on any atom is -0.461 e.